The first kappa shape index (κ1) is 15.4. The number of ether oxygens (including phenoxy) is 1. The summed E-state index contributed by atoms with van der Waals surface area (Å²) in [5.41, 5.74) is 1.13. The third-order valence-electron chi connectivity index (χ3n) is 3.67. The van der Waals surface area contributed by atoms with Crippen molar-refractivity contribution in [2.75, 3.05) is 24.6 Å². The molecule has 2 aromatic rings. The zero-order valence-corrected chi connectivity index (χ0v) is 13.9. The summed E-state index contributed by atoms with van der Waals surface area (Å²) in [4.78, 5) is 11.0. The van der Waals surface area contributed by atoms with E-state index in [0.717, 1.165) is 23.1 Å². The maximum atomic E-state index is 13.0. The van der Waals surface area contributed by atoms with Gasteiger partial charge in [0.15, 0.2) is 0 Å². The molecule has 1 atom stereocenters. The summed E-state index contributed by atoms with van der Waals surface area (Å²) in [6, 6.07) is 3.15. The average molecular weight is 321 g/mol. The molecule has 0 saturated carbocycles. The van der Waals surface area contributed by atoms with Crippen molar-refractivity contribution in [1.82, 2.24) is 9.97 Å². The van der Waals surface area contributed by atoms with E-state index in [9.17, 15) is 4.39 Å². The molecule has 1 unspecified atom stereocenters. The minimum Gasteiger partial charge on any atom is -0.367 e. The topological polar surface area (TPSA) is 38.2 Å². The molecule has 118 valence electrons. The van der Waals surface area contributed by atoms with Crippen LogP contribution in [0.5, 0.6) is 0 Å². The van der Waals surface area contributed by atoms with Crippen LogP contribution in [0.3, 0.4) is 0 Å². The predicted molar refractivity (Wildman–Crippen MR) is 85.9 cm³/mol. The van der Waals surface area contributed by atoms with Gasteiger partial charge >= 0.3 is 0 Å². The van der Waals surface area contributed by atoms with Crippen LogP contribution in [0.15, 0.2) is 23.7 Å². The molecular formula is C16H20FN3OS. The van der Waals surface area contributed by atoms with E-state index in [1.807, 2.05) is 0 Å². The van der Waals surface area contributed by atoms with Crippen LogP contribution in [-0.4, -0.2) is 29.7 Å². The molecule has 3 rings (SSSR count). The molecule has 1 aliphatic heterocycles. The number of morpholine rings is 1. The Kier molecular flexibility index (Phi) is 4.14. The molecule has 0 aliphatic carbocycles. The van der Waals surface area contributed by atoms with Crippen molar-refractivity contribution in [3.05, 3.63) is 40.2 Å². The molecule has 1 aliphatic rings. The zero-order chi connectivity index (χ0) is 15.7. The van der Waals surface area contributed by atoms with Crippen molar-refractivity contribution < 1.29 is 9.13 Å². The fourth-order valence-corrected chi connectivity index (χ4v) is 3.43. The lowest BCUT2D eigenvalue weighted by atomic mass is 9.93. The van der Waals surface area contributed by atoms with E-state index in [1.165, 1.54) is 12.3 Å². The third kappa shape index (κ3) is 3.28. The predicted octanol–water partition coefficient (Wildman–Crippen LogP) is 3.55. The van der Waals surface area contributed by atoms with Crippen LogP contribution in [0.25, 0.3) is 0 Å². The number of anilines is 1. The summed E-state index contributed by atoms with van der Waals surface area (Å²) in [7, 11) is 0. The molecule has 1 saturated heterocycles. The Hall–Kier alpha value is -1.53. The number of nitrogens with zero attached hydrogens (tertiary/aromatic N) is 3. The van der Waals surface area contributed by atoms with E-state index in [4.69, 9.17) is 9.72 Å². The molecule has 0 N–H and O–H groups in total. The summed E-state index contributed by atoms with van der Waals surface area (Å²) in [6.07, 6.45) is 1.20. The number of aromatic nitrogens is 2. The van der Waals surface area contributed by atoms with Crippen molar-refractivity contribution in [1.29, 1.82) is 0 Å². The lowest BCUT2D eigenvalue weighted by Crippen LogP contribution is -2.38. The van der Waals surface area contributed by atoms with Gasteiger partial charge in [-0.15, -0.1) is 11.3 Å². The molecule has 0 bridgehead atoms. The molecule has 0 spiro atoms. The lowest BCUT2D eigenvalue weighted by Gasteiger charge is -2.32. The Morgan fingerprint density at radius 1 is 1.36 bits per heavy atom. The quantitative estimate of drug-likeness (QED) is 0.848. The monoisotopic (exact) mass is 321 g/mol. The SMILES string of the molecule is CC(C)(C)c1csc(C2CN(c3ccc(F)cn3)CCO2)n1. The second kappa shape index (κ2) is 5.93. The number of pyridine rings is 1. The first-order valence-electron chi connectivity index (χ1n) is 7.37. The van der Waals surface area contributed by atoms with Gasteiger partial charge < -0.3 is 9.64 Å². The number of halogens is 1. The molecule has 0 amide bonds. The summed E-state index contributed by atoms with van der Waals surface area (Å²) < 4.78 is 18.9. The van der Waals surface area contributed by atoms with Gasteiger partial charge in [-0.3, -0.25) is 0 Å². The minimum absolute atomic E-state index is 0.0433. The summed E-state index contributed by atoms with van der Waals surface area (Å²) in [5.74, 6) is 0.464. The molecule has 0 radical (unpaired) electrons. The van der Waals surface area contributed by atoms with Crippen LogP contribution in [0.1, 0.15) is 37.6 Å². The van der Waals surface area contributed by atoms with Crippen LogP contribution in [0.2, 0.25) is 0 Å². The van der Waals surface area contributed by atoms with Gasteiger partial charge in [-0.2, -0.15) is 0 Å². The highest BCUT2D eigenvalue weighted by atomic mass is 32.1. The van der Waals surface area contributed by atoms with Gasteiger partial charge in [0.1, 0.15) is 22.7 Å². The first-order chi connectivity index (χ1) is 10.4. The van der Waals surface area contributed by atoms with Gasteiger partial charge in [0.05, 0.1) is 25.0 Å². The second-order valence-electron chi connectivity index (χ2n) is 6.46. The van der Waals surface area contributed by atoms with Crippen molar-refractivity contribution in [3.8, 4) is 0 Å². The van der Waals surface area contributed by atoms with E-state index < -0.39 is 0 Å². The number of hydrogen-bond donors (Lipinski definition) is 0. The van der Waals surface area contributed by atoms with Gasteiger partial charge in [-0.1, -0.05) is 20.8 Å². The van der Waals surface area contributed by atoms with Crippen molar-refractivity contribution >= 4 is 17.2 Å². The summed E-state index contributed by atoms with van der Waals surface area (Å²) in [5, 5.41) is 3.10. The third-order valence-corrected chi connectivity index (χ3v) is 4.60. The standard InChI is InChI=1S/C16H20FN3OS/c1-16(2,3)13-10-22-15(19-13)12-9-20(6-7-21-12)14-5-4-11(17)8-18-14/h4-5,8,10,12H,6-7,9H2,1-3H3. The van der Waals surface area contributed by atoms with Crippen molar-refractivity contribution in [2.45, 2.75) is 32.3 Å². The zero-order valence-electron chi connectivity index (χ0n) is 13.0. The number of thiazole rings is 1. The smallest absolute Gasteiger partial charge is 0.141 e. The van der Waals surface area contributed by atoms with Gasteiger partial charge in [0.25, 0.3) is 0 Å². The van der Waals surface area contributed by atoms with Gasteiger partial charge in [-0.05, 0) is 12.1 Å². The average Bonchev–Trinajstić information content (AvgIpc) is 2.98. The Morgan fingerprint density at radius 3 is 2.82 bits per heavy atom. The Balaban J connectivity index is 1.75. The van der Waals surface area contributed by atoms with Gasteiger partial charge in [-0.25, -0.2) is 14.4 Å². The van der Waals surface area contributed by atoms with E-state index in [0.29, 0.717) is 13.2 Å². The molecular weight excluding hydrogens is 301 g/mol. The van der Waals surface area contributed by atoms with Crippen LogP contribution in [0, 0.1) is 5.82 Å². The second-order valence-corrected chi connectivity index (χ2v) is 7.35. The normalized spacial score (nSPS) is 19.5. The van der Waals surface area contributed by atoms with Crippen LogP contribution >= 0.6 is 11.3 Å². The molecule has 2 aromatic heterocycles. The van der Waals surface area contributed by atoms with Crippen LogP contribution in [-0.2, 0) is 10.2 Å². The largest absolute Gasteiger partial charge is 0.367 e. The highest BCUT2D eigenvalue weighted by molar-refractivity contribution is 7.09. The highest BCUT2D eigenvalue weighted by Crippen LogP contribution is 2.31. The molecule has 6 heteroatoms. The number of rotatable bonds is 2. The van der Waals surface area contributed by atoms with Gasteiger partial charge in [0.2, 0.25) is 0 Å². The van der Waals surface area contributed by atoms with E-state index >= 15 is 0 Å². The van der Waals surface area contributed by atoms with Crippen LogP contribution < -0.4 is 4.90 Å². The lowest BCUT2D eigenvalue weighted by molar-refractivity contribution is 0.0392. The van der Waals surface area contributed by atoms with E-state index in [1.54, 1.807) is 17.4 Å². The Labute approximate surface area is 134 Å². The molecule has 0 aromatic carbocycles. The van der Waals surface area contributed by atoms with E-state index in [-0.39, 0.29) is 17.3 Å². The fraction of sp³-hybridized carbons (Fsp3) is 0.500. The maximum absolute atomic E-state index is 13.0. The summed E-state index contributed by atoms with van der Waals surface area (Å²) >= 11 is 1.64. The first-order valence-corrected chi connectivity index (χ1v) is 8.25. The molecule has 22 heavy (non-hydrogen) atoms. The molecule has 4 nitrogen and oxygen atoms in total. The Morgan fingerprint density at radius 2 is 2.18 bits per heavy atom. The van der Waals surface area contributed by atoms with Gasteiger partial charge in [0, 0.05) is 17.3 Å². The summed E-state index contributed by atoms with van der Waals surface area (Å²) in [6.45, 7) is 8.53. The highest BCUT2D eigenvalue weighted by Gasteiger charge is 2.27. The van der Waals surface area contributed by atoms with Crippen molar-refractivity contribution in [2.24, 2.45) is 0 Å². The number of hydrogen-bond acceptors (Lipinski definition) is 5. The minimum atomic E-state index is -0.316. The Bertz CT molecular complexity index is 636. The van der Waals surface area contributed by atoms with Crippen LogP contribution in [0.4, 0.5) is 10.2 Å². The fourth-order valence-electron chi connectivity index (χ4n) is 2.34. The molecule has 3 heterocycles. The maximum Gasteiger partial charge on any atom is 0.141 e. The van der Waals surface area contributed by atoms with Crippen molar-refractivity contribution in [3.63, 3.8) is 0 Å². The molecule has 1 fully saturated rings. The van der Waals surface area contributed by atoms with E-state index in [2.05, 4.69) is 36.0 Å².